The molecule has 10 heteroatoms. The van der Waals surface area contributed by atoms with Crippen LogP contribution in [0.4, 0.5) is 11.4 Å². The molecule has 0 aliphatic heterocycles. The van der Waals surface area contributed by atoms with Crippen molar-refractivity contribution >= 4 is 50.9 Å². The predicted molar refractivity (Wildman–Crippen MR) is 157 cm³/mol. The molecule has 0 saturated heterocycles. The van der Waals surface area contributed by atoms with Gasteiger partial charge in [-0.05, 0) is 49.7 Å². The maximum atomic E-state index is 12.2. The molecule has 0 amide bonds. The van der Waals surface area contributed by atoms with E-state index in [0.717, 1.165) is 27.2 Å². The third-order valence-electron chi connectivity index (χ3n) is 5.99. The Balaban J connectivity index is 2.15. The number of aryl methyl sites for hydroxylation is 1. The Morgan fingerprint density at radius 1 is 1.05 bits per heavy atom. The highest BCUT2D eigenvalue weighted by Gasteiger charge is 2.43. The summed E-state index contributed by atoms with van der Waals surface area (Å²) in [5, 5.41) is 17.5. The minimum absolute atomic E-state index is 0.131. The van der Waals surface area contributed by atoms with Crippen molar-refractivity contribution in [2.45, 2.75) is 52.7 Å². The molecule has 1 atom stereocenters. The maximum Gasteiger partial charge on any atom is 0.298 e. The van der Waals surface area contributed by atoms with E-state index < -0.39 is 17.4 Å². The Kier molecular flexibility index (Phi) is 8.28. The van der Waals surface area contributed by atoms with E-state index in [1.165, 1.54) is 6.07 Å². The molecule has 8 nitrogen and oxygen atoms in total. The van der Waals surface area contributed by atoms with Crippen molar-refractivity contribution < 1.29 is 14.2 Å². The van der Waals surface area contributed by atoms with E-state index in [2.05, 4.69) is 43.6 Å². The summed E-state index contributed by atoms with van der Waals surface area (Å²) in [6.45, 7) is 11.2. The summed E-state index contributed by atoms with van der Waals surface area (Å²) in [5.41, 5.74) is 1.79. The molecule has 1 heterocycles. The second-order valence-electron chi connectivity index (χ2n) is 9.80. The number of benzene rings is 3. The van der Waals surface area contributed by atoms with Crippen molar-refractivity contribution in [1.29, 1.82) is 0 Å². The second-order valence-corrected chi connectivity index (χ2v) is 14.0. The fourth-order valence-corrected chi connectivity index (χ4v) is 7.96. The number of halogens is 1. The van der Waals surface area contributed by atoms with Crippen LogP contribution in [0.15, 0.2) is 75.9 Å². The molecule has 0 saturated carbocycles. The van der Waals surface area contributed by atoms with Gasteiger partial charge in [0.25, 0.3) is 5.69 Å². The van der Waals surface area contributed by atoms with E-state index in [1.54, 1.807) is 12.1 Å². The van der Waals surface area contributed by atoms with E-state index in [4.69, 9.17) is 19.1 Å². The van der Waals surface area contributed by atoms with Crippen LogP contribution >= 0.6 is 23.2 Å². The van der Waals surface area contributed by atoms with Crippen LogP contribution in [0.25, 0.3) is 10.9 Å². The standard InChI is InChI=1S/C28H32BrN4O4P/c1-6-17-32-27(23-13-8-9-14-24(23)30-32)38(28(3,4)5,37-22-12-10-11-20(29)18-22)31-25-16-15-21(36-7-2)19-26(25)33(34)35/h8-16,18-19H,6-7,17H2,1-5H3/t38-/m0/s1. The molecule has 4 rings (SSSR count). The van der Waals surface area contributed by atoms with Gasteiger partial charge < -0.3 is 9.26 Å². The molecule has 0 spiro atoms. The molecular formula is C28H32BrN4O4P. The molecular weight excluding hydrogens is 567 g/mol. The number of hydrogen-bond acceptors (Lipinski definition) is 6. The van der Waals surface area contributed by atoms with Crippen LogP contribution in [-0.4, -0.2) is 26.5 Å². The summed E-state index contributed by atoms with van der Waals surface area (Å²) >= 11 is 3.55. The molecule has 200 valence electrons. The van der Waals surface area contributed by atoms with Crippen molar-refractivity contribution in [2.75, 3.05) is 6.61 Å². The predicted octanol–water partition coefficient (Wildman–Crippen LogP) is 8.47. The van der Waals surface area contributed by atoms with E-state index in [0.29, 0.717) is 24.7 Å². The average Bonchev–Trinajstić information content (AvgIpc) is 3.22. The molecule has 0 N–H and O–H groups in total. The summed E-state index contributed by atoms with van der Waals surface area (Å²) in [5.74, 6) is 1.04. The molecule has 0 bridgehead atoms. The summed E-state index contributed by atoms with van der Waals surface area (Å²) in [7, 11) is -3.10. The van der Waals surface area contributed by atoms with Crippen molar-refractivity contribution in [3.05, 3.63) is 81.3 Å². The van der Waals surface area contributed by atoms with Crippen LogP contribution in [0.2, 0.25) is 0 Å². The van der Waals surface area contributed by atoms with E-state index in [1.807, 2.05) is 60.1 Å². The van der Waals surface area contributed by atoms with Crippen molar-refractivity contribution in [2.24, 2.45) is 4.74 Å². The maximum absolute atomic E-state index is 12.2. The van der Waals surface area contributed by atoms with Gasteiger partial charge in [0, 0.05) is 21.6 Å². The van der Waals surface area contributed by atoms with Gasteiger partial charge in [-0.25, -0.2) is 4.74 Å². The molecule has 38 heavy (non-hydrogen) atoms. The molecule has 0 aliphatic carbocycles. The Labute approximate surface area is 231 Å². The highest BCUT2D eigenvalue weighted by molar-refractivity contribution is 9.10. The summed E-state index contributed by atoms with van der Waals surface area (Å²) in [6.07, 6.45) is 0.852. The fourth-order valence-electron chi connectivity index (χ4n) is 4.29. The lowest BCUT2D eigenvalue weighted by Crippen LogP contribution is -2.32. The number of nitro groups is 1. The minimum atomic E-state index is -3.10. The SMILES string of the molecule is CCCn1nc2ccccc2c1[P@](=Nc1ccc(OCC)cc1[N+](=O)[O-])(Oc1cccc(Br)c1)C(C)(C)C. The number of fused-ring (bicyclic) bond motifs is 1. The van der Waals surface area contributed by atoms with Crippen molar-refractivity contribution in [3.8, 4) is 11.5 Å². The fraction of sp³-hybridized carbons (Fsp3) is 0.321. The van der Waals surface area contributed by atoms with Crippen molar-refractivity contribution in [1.82, 2.24) is 9.78 Å². The molecule has 0 radical (unpaired) electrons. The third-order valence-corrected chi connectivity index (χ3v) is 10.3. The molecule has 0 unspecified atom stereocenters. The first kappa shape index (κ1) is 27.9. The first-order valence-electron chi connectivity index (χ1n) is 12.5. The zero-order valence-electron chi connectivity index (χ0n) is 22.2. The first-order chi connectivity index (χ1) is 18.1. The van der Waals surface area contributed by atoms with Gasteiger partial charge in [-0.3, -0.25) is 14.8 Å². The Hall–Kier alpha value is -3.16. The number of rotatable bonds is 9. The van der Waals surface area contributed by atoms with Crippen LogP contribution < -0.4 is 14.7 Å². The zero-order valence-corrected chi connectivity index (χ0v) is 24.7. The van der Waals surface area contributed by atoms with Crippen LogP contribution in [0.1, 0.15) is 41.0 Å². The smallest absolute Gasteiger partial charge is 0.298 e. The lowest BCUT2D eigenvalue weighted by Gasteiger charge is -2.37. The highest BCUT2D eigenvalue weighted by Crippen LogP contribution is 2.63. The van der Waals surface area contributed by atoms with Crippen LogP contribution in [-0.2, 0) is 6.54 Å². The molecule has 0 fully saturated rings. The summed E-state index contributed by atoms with van der Waals surface area (Å²) < 4.78 is 20.7. The van der Waals surface area contributed by atoms with Gasteiger partial charge in [-0.1, -0.05) is 67.9 Å². The van der Waals surface area contributed by atoms with Crippen LogP contribution in [0.5, 0.6) is 11.5 Å². The Bertz CT molecular complexity index is 1530. The van der Waals surface area contributed by atoms with Crippen LogP contribution in [0.3, 0.4) is 0 Å². The molecule has 4 aromatic rings. The number of ether oxygens (including phenoxy) is 1. The largest absolute Gasteiger partial charge is 0.494 e. The third kappa shape index (κ3) is 5.49. The minimum Gasteiger partial charge on any atom is -0.494 e. The summed E-state index contributed by atoms with van der Waals surface area (Å²) in [6, 6.07) is 20.3. The van der Waals surface area contributed by atoms with Crippen LogP contribution in [0, 0.1) is 10.1 Å². The first-order valence-corrected chi connectivity index (χ1v) is 15.0. The number of nitro benzene ring substituents is 1. The van der Waals surface area contributed by atoms with Gasteiger partial charge >= 0.3 is 0 Å². The van der Waals surface area contributed by atoms with Gasteiger partial charge in [0.2, 0.25) is 0 Å². The lowest BCUT2D eigenvalue weighted by molar-refractivity contribution is -0.384. The van der Waals surface area contributed by atoms with E-state index in [-0.39, 0.29) is 11.4 Å². The lowest BCUT2D eigenvalue weighted by atomic mass is 10.2. The summed E-state index contributed by atoms with van der Waals surface area (Å²) in [4.78, 5) is 11.8. The van der Waals surface area contributed by atoms with E-state index >= 15 is 0 Å². The molecule has 0 aliphatic rings. The van der Waals surface area contributed by atoms with Gasteiger partial charge in [0.15, 0.2) is 7.28 Å². The highest BCUT2D eigenvalue weighted by atomic mass is 79.9. The van der Waals surface area contributed by atoms with Gasteiger partial charge in [-0.2, -0.15) is 5.10 Å². The normalized spacial score (nSPS) is 13.2. The number of hydrogen-bond donors (Lipinski definition) is 0. The Morgan fingerprint density at radius 3 is 2.47 bits per heavy atom. The zero-order chi connectivity index (χ0) is 27.5. The number of nitrogens with zero attached hydrogens (tertiary/aromatic N) is 4. The van der Waals surface area contributed by atoms with E-state index in [9.17, 15) is 10.1 Å². The number of aromatic nitrogens is 2. The quantitative estimate of drug-likeness (QED) is 0.109. The van der Waals surface area contributed by atoms with Gasteiger partial charge in [0.1, 0.15) is 22.6 Å². The molecule has 1 aromatic heterocycles. The van der Waals surface area contributed by atoms with Crippen molar-refractivity contribution in [3.63, 3.8) is 0 Å². The van der Waals surface area contributed by atoms with Gasteiger partial charge in [-0.15, -0.1) is 0 Å². The second kappa shape index (κ2) is 11.3. The average molecular weight is 599 g/mol. The monoisotopic (exact) mass is 598 g/mol. The Morgan fingerprint density at radius 2 is 1.82 bits per heavy atom. The van der Waals surface area contributed by atoms with Gasteiger partial charge in [0.05, 0.1) is 23.1 Å². The topological polar surface area (TPSA) is 91.8 Å². The molecule has 3 aromatic carbocycles.